The summed E-state index contributed by atoms with van der Waals surface area (Å²) < 4.78 is 0. The van der Waals surface area contributed by atoms with Crippen LogP contribution in [0.3, 0.4) is 0 Å². The number of hydrogen-bond donors (Lipinski definition) is 2. The predicted molar refractivity (Wildman–Crippen MR) is 41.9 cm³/mol. The van der Waals surface area contributed by atoms with Crippen molar-refractivity contribution in [3.05, 3.63) is 11.6 Å². The highest BCUT2D eigenvalue weighted by Crippen LogP contribution is 2.16. The highest BCUT2D eigenvalue weighted by molar-refractivity contribution is 5.08. The first kappa shape index (κ1) is 7.76. The van der Waals surface area contributed by atoms with E-state index in [9.17, 15) is 0 Å². The van der Waals surface area contributed by atoms with Crippen molar-refractivity contribution in [1.82, 2.24) is 5.32 Å². The van der Waals surface area contributed by atoms with Crippen LogP contribution in [0.1, 0.15) is 19.3 Å². The molecule has 0 aliphatic heterocycles. The van der Waals surface area contributed by atoms with Crippen molar-refractivity contribution in [2.24, 2.45) is 0 Å². The molecule has 0 aromatic heterocycles. The molecule has 1 unspecified atom stereocenters. The molecule has 0 aromatic rings. The summed E-state index contributed by atoms with van der Waals surface area (Å²) in [5.74, 6) is 0. The maximum absolute atomic E-state index is 8.81. The van der Waals surface area contributed by atoms with Crippen LogP contribution in [0.5, 0.6) is 0 Å². The van der Waals surface area contributed by atoms with Crippen LogP contribution in [0.25, 0.3) is 0 Å². The van der Waals surface area contributed by atoms with Gasteiger partial charge in [0.1, 0.15) is 0 Å². The fourth-order valence-electron chi connectivity index (χ4n) is 1.37. The third kappa shape index (κ3) is 1.82. The Morgan fingerprint density at radius 3 is 3.20 bits per heavy atom. The van der Waals surface area contributed by atoms with Crippen molar-refractivity contribution in [3.63, 3.8) is 0 Å². The summed E-state index contributed by atoms with van der Waals surface area (Å²) in [6, 6.07) is 0.590. The molecule has 1 aliphatic rings. The number of nitrogens with one attached hydrogen (secondary N) is 1. The van der Waals surface area contributed by atoms with Gasteiger partial charge in [0, 0.05) is 6.04 Å². The van der Waals surface area contributed by atoms with Crippen LogP contribution in [0.2, 0.25) is 0 Å². The number of aliphatic hydroxyl groups excluding tert-OH is 1. The molecule has 58 valence electrons. The lowest BCUT2D eigenvalue weighted by Gasteiger charge is -2.20. The predicted octanol–water partition coefficient (Wildman–Crippen LogP) is 0.677. The van der Waals surface area contributed by atoms with Crippen LogP contribution in [-0.2, 0) is 0 Å². The van der Waals surface area contributed by atoms with Gasteiger partial charge in [-0.25, -0.2) is 0 Å². The Hall–Kier alpha value is -0.340. The summed E-state index contributed by atoms with van der Waals surface area (Å²) in [6.45, 7) is 0.234. The van der Waals surface area contributed by atoms with Gasteiger partial charge in [0.2, 0.25) is 0 Å². The summed E-state index contributed by atoms with van der Waals surface area (Å²) >= 11 is 0. The lowest BCUT2D eigenvalue weighted by molar-refractivity contribution is 0.316. The molecule has 0 aromatic carbocycles. The van der Waals surface area contributed by atoms with E-state index in [0.29, 0.717) is 6.04 Å². The maximum atomic E-state index is 8.81. The topological polar surface area (TPSA) is 32.3 Å². The molecule has 0 fully saturated rings. The molecule has 0 amide bonds. The fourth-order valence-corrected chi connectivity index (χ4v) is 1.37. The smallest absolute Gasteiger partial charge is 0.0642 e. The van der Waals surface area contributed by atoms with Crippen molar-refractivity contribution < 1.29 is 5.11 Å². The largest absolute Gasteiger partial charge is 0.392 e. The molecule has 2 heteroatoms. The standard InChI is InChI=1S/C8H15NO/c1-9-8-4-2-3-7(5-8)6-10/h3,8-10H,2,4-6H2,1H3. The first-order valence-corrected chi connectivity index (χ1v) is 3.83. The zero-order valence-corrected chi connectivity index (χ0v) is 6.43. The Kier molecular flexibility index (Phi) is 2.90. The van der Waals surface area contributed by atoms with E-state index in [2.05, 4.69) is 11.4 Å². The summed E-state index contributed by atoms with van der Waals surface area (Å²) in [5, 5.41) is 12.0. The number of aliphatic hydroxyl groups is 1. The SMILES string of the molecule is CNC1CCC=C(CO)C1. The first-order chi connectivity index (χ1) is 4.86. The minimum absolute atomic E-state index is 0.234. The summed E-state index contributed by atoms with van der Waals surface area (Å²) in [4.78, 5) is 0. The third-order valence-electron chi connectivity index (χ3n) is 2.07. The molecule has 0 saturated carbocycles. The molecule has 1 atom stereocenters. The van der Waals surface area contributed by atoms with Crippen LogP contribution < -0.4 is 5.32 Å². The molecule has 0 bridgehead atoms. The zero-order chi connectivity index (χ0) is 7.40. The summed E-state index contributed by atoms with van der Waals surface area (Å²) in [7, 11) is 1.98. The van der Waals surface area contributed by atoms with E-state index in [1.54, 1.807) is 0 Å². The van der Waals surface area contributed by atoms with E-state index in [-0.39, 0.29) is 6.61 Å². The Morgan fingerprint density at radius 2 is 2.60 bits per heavy atom. The molecule has 0 heterocycles. The van der Waals surface area contributed by atoms with Crippen LogP contribution in [0.15, 0.2) is 11.6 Å². The minimum atomic E-state index is 0.234. The van der Waals surface area contributed by atoms with E-state index in [1.165, 1.54) is 12.0 Å². The van der Waals surface area contributed by atoms with Gasteiger partial charge in [-0.15, -0.1) is 0 Å². The van der Waals surface area contributed by atoms with Crippen molar-refractivity contribution in [1.29, 1.82) is 0 Å². The van der Waals surface area contributed by atoms with Gasteiger partial charge in [0.25, 0.3) is 0 Å². The Labute approximate surface area is 61.9 Å². The fraction of sp³-hybridized carbons (Fsp3) is 0.750. The second kappa shape index (κ2) is 3.74. The Morgan fingerprint density at radius 1 is 1.80 bits per heavy atom. The summed E-state index contributed by atoms with van der Waals surface area (Å²) in [6.07, 6.45) is 5.49. The highest BCUT2D eigenvalue weighted by Gasteiger charge is 2.11. The van der Waals surface area contributed by atoms with Crippen molar-refractivity contribution in [2.75, 3.05) is 13.7 Å². The van der Waals surface area contributed by atoms with Crippen molar-refractivity contribution >= 4 is 0 Å². The van der Waals surface area contributed by atoms with E-state index in [0.717, 1.165) is 12.8 Å². The van der Waals surface area contributed by atoms with Gasteiger partial charge in [-0.3, -0.25) is 0 Å². The van der Waals surface area contributed by atoms with Gasteiger partial charge in [0.15, 0.2) is 0 Å². The molecule has 2 N–H and O–H groups in total. The maximum Gasteiger partial charge on any atom is 0.0642 e. The van der Waals surface area contributed by atoms with Gasteiger partial charge in [0.05, 0.1) is 6.61 Å². The molecule has 0 spiro atoms. The molecular weight excluding hydrogens is 126 g/mol. The van der Waals surface area contributed by atoms with Crippen molar-refractivity contribution in [2.45, 2.75) is 25.3 Å². The van der Waals surface area contributed by atoms with Crippen LogP contribution in [0, 0.1) is 0 Å². The van der Waals surface area contributed by atoms with Crippen molar-refractivity contribution in [3.8, 4) is 0 Å². The Bertz CT molecular complexity index is 131. The first-order valence-electron chi connectivity index (χ1n) is 3.83. The second-order valence-corrected chi connectivity index (χ2v) is 2.79. The molecular formula is C8H15NO. The lowest BCUT2D eigenvalue weighted by atomic mass is 9.95. The minimum Gasteiger partial charge on any atom is -0.392 e. The number of hydrogen-bond acceptors (Lipinski definition) is 2. The van der Waals surface area contributed by atoms with Gasteiger partial charge in [-0.2, -0.15) is 0 Å². The average Bonchev–Trinajstić information content (AvgIpc) is 2.05. The lowest BCUT2D eigenvalue weighted by Crippen LogP contribution is -2.27. The number of rotatable bonds is 2. The highest BCUT2D eigenvalue weighted by atomic mass is 16.3. The van der Waals surface area contributed by atoms with Gasteiger partial charge >= 0.3 is 0 Å². The molecule has 1 aliphatic carbocycles. The third-order valence-corrected chi connectivity index (χ3v) is 2.07. The molecule has 0 saturated heterocycles. The number of allylic oxidation sites excluding steroid dienone is 1. The Balaban J connectivity index is 2.40. The zero-order valence-electron chi connectivity index (χ0n) is 6.43. The van der Waals surface area contributed by atoms with Gasteiger partial charge in [-0.1, -0.05) is 6.08 Å². The monoisotopic (exact) mass is 141 g/mol. The van der Waals surface area contributed by atoms with Crippen LogP contribution in [-0.4, -0.2) is 24.8 Å². The van der Waals surface area contributed by atoms with Gasteiger partial charge in [-0.05, 0) is 31.9 Å². The van der Waals surface area contributed by atoms with Crippen LogP contribution >= 0.6 is 0 Å². The van der Waals surface area contributed by atoms with E-state index in [4.69, 9.17) is 5.11 Å². The second-order valence-electron chi connectivity index (χ2n) is 2.79. The van der Waals surface area contributed by atoms with E-state index in [1.807, 2.05) is 7.05 Å². The average molecular weight is 141 g/mol. The molecule has 1 rings (SSSR count). The molecule has 2 nitrogen and oxygen atoms in total. The van der Waals surface area contributed by atoms with Crippen LogP contribution in [0.4, 0.5) is 0 Å². The van der Waals surface area contributed by atoms with E-state index >= 15 is 0 Å². The van der Waals surface area contributed by atoms with E-state index < -0.39 is 0 Å². The molecule has 0 radical (unpaired) electrons. The summed E-state index contributed by atoms with van der Waals surface area (Å²) in [5.41, 5.74) is 1.19. The normalized spacial score (nSPS) is 26.2. The molecule has 10 heavy (non-hydrogen) atoms. The quantitative estimate of drug-likeness (QED) is 0.554. The van der Waals surface area contributed by atoms with Gasteiger partial charge < -0.3 is 10.4 Å².